The van der Waals surface area contributed by atoms with Crippen LogP contribution < -0.4 is 0 Å². The molecule has 19 heavy (non-hydrogen) atoms. The number of nitrogens with one attached hydrogen (secondary N) is 1. The van der Waals surface area contributed by atoms with E-state index >= 15 is 0 Å². The summed E-state index contributed by atoms with van der Waals surface area (Å²) in [6, 6.07) is 0. The van der Waals surface area contributed by atoms with E-state index in [0.29, 0.717) is 0 Å². The largest absolute Gasteiger partial charge is 0.303 e. The van der Waals surface area contributed by atoms with Crippen molar-refractivity contribution in [2.45, 2.75) is 60.8 Å². The van der Waals surface area contributed by atoms with Crippen molar-refractivity contribution in [3.63, 3.8) is 0 Å². The Morgan fingerprint density at radius 3 is 1.16 bits per heavy atom. The third-order valence-corrected chi connectivity index (χ3v) is 3.07. The Balaban J connectivity index is 0. The van der Waals surface area contributed by atoms with Crippen molar-refractivity contribution in [1.82, 2.24) is 4.90 Å². The van der Waals surface area contributed by atoms with Crippen LogP contribution >= 0.6 is 0 Å². The van der Waals surface area contributed by atoms with E-state index < -0.39 is 0 Å². The molecule has 0 spiro atoms. The highest BCUT2D eigenvalue weighted by Gasteiger charge is 2.08. The molecule has 0 amide bonds. The molecule has 1 N–H and O–H groups in total. The van der Waals surface area contributed by atoms with E-state index in [4.69, 9.17) is 10.2 Å². The lowest BCUT2D eigenvalue weighted by Crippen LogP contribution is -2.29. The quantitative estimate of drug-likeness (QED) is 0.500. The van der Waals surface area contributed by atoms with Gasteiger partial charge < -0.3 is 4.90 Å². The van der Waals surface area contributed by atoms with Gasteiger partial charge in [0.1, 0.15) is 0 Å². The molecule has 0 unspecified atom stereocenters. The van der Waals surface area contributed by atoms with Crippen molar-refractivity contribution < 1.29 is 4.79 Å². The maximum atomic E-state index is 8.35. The Morgan fingerprint density at radius 1 is 0.789 bits per heavy atom. The van der Waals surface area contributed by atoms with Crippen LogP contribution in [0.15, 0.2) is 0 Å². The van der Waals surface area contributed by atoms with Gasteiger partial charge in [-0.2, -0.15) is 0 Å². The van der Waals surface area contributed by atoms with Crippen LogP contribution in [0.5, 0.6) is 0 Å². The van der Waals surface area contributed by atoms with Gasteiger partial charge in [-0.3, -0.25) is 0 Å². The third-order valence-electron chi connectivity index (χ3n) is 3.07. The molecule has 0 radical (unpaired) electrons. The van der Waals surface area contributed by atoms with Crippen LogP contribution in [0.4, 0.5) is 0 Å². The molecular formula is C16H34N2O. The van der Waals surface area contributed by atoms with Crippen molar-refractivity contribution >= 4 is 6.08 Å². The van der Waals surface area contributed by atoms with Crippen LogP contribution in [0.25, 0.3) is 0 Å². The number of rotatable bonds is 9. The maximum Gasteiger partial charge on any atom is 0.231 e. The second kappa shape index (κ2) is 13.8. The standard InChI is InChI=1S/C15H33N.CHNO/c1-13(2)7-10-16(11-8-14(3)4)12-9-15(5)6;2-1-3/h13-15H,7-12H2,1-6H3;2H. The Kier molecular flexibility index (Phi) is 15.0. The molecule has 0 aliphatic rings. The predicted octanol–water partition coefficient (Wildman–Crippen LogP) is 4.33. The summed E-state index contributed by atoms with van der Waals surface area (Å²) in [6.45, 7) is 17.8. The van der Waals surface area contributed by atoms with E-state index in [1.54, 1.807) is 0 Å². The molecule has 0 aromatic heterocycles. The summed E-state index contributed by atoms with van der Waals surface area (Å²) in [4.78, 5) is 11.0. The number of isocyanates is 1. The molecule has 0 aliphatic carbocycles. The lowest BCUT2D eigenvalue weighted by Gasteiger charge is -2.24. The van der Waals surface area contributed by atoms with Gasteiger partial charge in [0.25, 0.3) is 0 Å². The van der Waals surface area contributed by atoms with Gasteiger partial charge in [0.2, 0.25) is 6.08 Å². The molecule has 0 saturated heterocycles. The summed E-state index contributed by atoms with van der Waals surface area (Å²) >= 11 is 0. The first-order valence-electron chi connectivity index (χ1n) is 7.59. The van der Waals surface area contributed by atoms with E-state index in [1.165, 1.54) is 38.9 Å². The predicted molar refractivity (Wildman–Crippen MR) is 83.2 cm³/mol. The fraction of sp³-hybridized carbons (Fsp3) is 0.938. The van der Waals surface area contributed by atoms with Crippen LogP contribution in [0.1, 0.15) is 60.8 Å². The lowest BCUT2D eigenvalue weighted by atomic mass is 10.1. The minimum atomic E-state index is 0.750. The molecule has 0 rings (SSSR count). The van der Waals surface area contributed by atoms with Crippen LogP contribution in [-0.2, 0) is 4.79 Å². The molecule has 0 aliphatic heterocycles. The Morgan fingerprint density at radius 2 is 1.00 bits per heavy atom. The summed E-state index contributed by atoms with van der Waals surface area (Å²) in [5.74, 6) is 2.50. The lowest BCUT2D eigenvalue weighted by molar-refractivity contribution is 0.231. The van der Waals surface area contributed by atoms with Crippen molar-refractivity contribution in [2.75, 3.05) is 19.6 Å². The molecule has 0 saturated carbocycles. The zero-order valence-electron chi connectivity index (χ0n) is 13.8. The second-order valence-electron chi connectivity index (χ2n) is 6.49. The normalized spacial score (nSPS) is 10.8. The monoisotopic (exact) mass is 270 g/mol. The maximum absolute atomic E-state index is 8.35. The summed E-state index contributed by atoms with van der Waals surface area (Å²) in [6.07, 6.45) is 4.78. The Bertz CT molecular complexity index is 190. The molecular weight excluding hydrogens is 236 g/mol. The highest BCUT2D eigenvalue weighted by Crippen LogP contribution is 2.09. The van der Waals surface area contributed by atoms with Gasteiger partial charge in [0.15, 0.2) is 0 Å². The van der Waals surface area contributed by atoms with Crippen molar-refractivity contribution in [1.29, 1.82) is 5.41 Å². The third kappa shape index (κ3) is 19.8. The van der Waals surface area contributed by atoms with Crippen LogP contribution in [0, 0.1) is 23.2 Å². The second-order valence-corrected chi connectivity index (χ2v) is 6.49. The number of hydrogen-bond donors (Lipinski definition) is 1. The van der Waals surface area contributed by atoms with E-state index in [-0.39, 0.29) is 0 Å². The van der Waals surface area contributed by atoms with E-state index in [0.717, 1.165) is 23.8 Å². The van der Waals surface area contributed by atoms with Crippen LogP contribution in [0.3, 0.4) is 0 Å². The van der Waals surface area contributed by atoms with Gasteiger partial charge in [-0.05, 0) is 56.7 Å². The summed E-state index contributed by atoms with van der Waals surface area (Å²) in [5, 5.41) is 5.40. The van der Waals surface area contributed by atoms with E-state index in [1.807, 2.05) is 0 Å². The van der Waals surface area contributed by atoms with Gasteiger partial charge in [-0.25, -0.2) is 10.2 Å². The molecule has 0 aromatic rings. The summed E-state index contributed by atoms with van der Waals surface area (Å²) < 4.78 is 0. The average Bonchev–Trinajstić information content (AvgIpc) is 2.28. The molecule has 0 atom stereocenters. The summed E-state index contributed by atoms with van der Waals surface area (Å²) in [5.41, 5.74) is 0. The van der Waals surface area contributed by atoms with Gasteiger partial charge in [-0.15, -0.1) is 0 Å². The van der Waals surface area contributed by atoms with Crippen molar-refractivity contribution in [3.8, 4) is 0 Å². The number of nitrogens with zero attached hydrogens (tertiary/aromatic N) is 1. The first kappa shape index (κ1) is 20.7. The molecule has 0 fully saturated rings. The van der Waals surface area contributed by atoms with Crippen molar-refractivity contribution in [3.05, 3.63) is 0 Å². The minimum Gasteiger partial charge on any atom is -0.303 e. The topological polar surface area (TPSA) is 44.2 Å². The van der Waals surface area contributed by atoms with Crippen LogP contribution in [-0.4, -0.2) is 30.6 Å². The fourth-order valence-corrected chi connectivity index (χ4v) is 1.66. The number of carbonyl (C=O) groups excluding carboxylic acids is 1. The SMILES string of the molecule is CC(C)CCN(CCC(C)C)CCC(C)C.N=C=O. The summed E-state index contributed by atoms with van der Waals surface area (Å²) in [7, 11) is 0. The molecule has 0 heterocycles. The Hall–Kier alpha value is -0.660. The smallest absolute Gasteiger partial charge is 0.231 e. The van der Waals surface area contributed by atoms with Gasteiger partial charge >= 0.3 is 0 Å². The van der Waals surface area contributed by atoms with E-state index in [2.05, 4.69) is 46.4 Å². The van der Waals surface area contributed by atoms with Gasteiger partial charge in [0, 0.05) is 0 Å². The van der Waals surface area contributed by atoms with Gasteiger partial charge in [-0.1, -0.05) is 41.5 Å². The van der Waals surface area contributed by atoms with E-state index in [9.17, 15) is 0 Å². The molecule has 3 nitrogen and oxygen atoms in total. The highest BCUT2D eigenvalue weighted by atomic mass is 16.1. The zero-order chi connectivity index (χ0) is 15.3. The molecule has 0 aromatic carbocycles. The number of hydrogen-bond acceptors (Lipinski definition) is 3. The van der Waals surface area contributed by atoms with Gasteiger partial charge in [0.05, 0.1) is 0 Å². The highest BCUT2D eigenvalue weighted by molar-refractivity contribution is 5.26. The minimum absolute atomic E-state index is 0.750. The van der Waals surface area contributed by atoms with Crippen molar-refractivity contribution in [2.24, 2.45) is 17.8 Å². The molecule has 3 heteroatoms. The zero-order valence-corrected chi connectivity index (χ0v) is 13.8. The first-order chi connectivity index (χ1) is 8.83. The molecule has 114 valence electrons. The molecule has 0 bridgehead atoms. The average molecular weight is 270 g/mol. The first-order valence-corrected chi connectivity index (χ1v) is 7.59. The van der Waals surface area contributed by atoms with Crippen LogP contribution in [0.2, 0.25) is 0 Å². The fourth-order valence-electron chi connectivity index (χ4n) is 1.66. The Labute approximate surface area is 120 Å².